The van der Waals surface area contributed by atoms with Crippen LogP contribution in [0.1, 0.15) is 34.6 Å². The first-order valence-corrected chi connectivity index (χ1v) is 7.07. The van der Waals surface area contributed by atoms with Gasteiger partial charge in [-0.25, -0.2) is 0 Å². The first-order valence-electron chi connectivity index (χ1n) is 6.19. The highest BCUT2D eigenvalue weighted by Crippen LogP contribution is 2.26. The second kappa shape index (κ2) is 6.78. The lowest BCUT2D eigenvalue weighted by atomic mass is 10.2. The predicted molar refractivity (Wildman–Crippen MR) is 75.3 cm³/mol. The quantitative estimate of drug-likeness (QED) is 0.802. The van der Waals surface area contributed by atoms with Crippen molar-refractivity contribution in [2.45, 2.75) is 51.1 Å². The maximum Gasteiger partial charge on any atom is 0.322 e. The number of anilines is 1. The topological polar surface area (TPSA) is 59.9 Å². The largest absolute Gasteiger partial charge is 0.461 e. The maximum absolute atomic E-state index is 5.52. The molecule has 0 saturated heterocycles. The summed E-state index contributed by atoms with van der Waals surface area (Å²) in [7, 11) is 1.79. The molecule has 1 N–H and O–H groups in total. The van der Waals surface area contributed by atoms with E-state index in [1.165, 1.54) is 0 Å². The maximum atomic E-state index is 5.52. The minimum atomic E-state index is 0.0532. The summed E-state index contributed by atoms with van der Waals surface area (Å²) in [5, 5.41) is 4.08. The van der Waals surface area contributed by atoms with Gasteiger partial charge in [-0.1, -0.05) is 32.5 Å². The molecule has 102 valence electrons. The Morgan fingerprint density at radius 3 is 2.22 bits per heavy atom. The van der Waals surface area contributed by atoms with Crippen LogP contribution in [0.5, 0.6) is 6.01 Å². The number of hydrogen-bond donors (Lipinski definition) is 1. The Kier molecular flexibility index (Phi) is 5.65. The van der Waals surface area contributed by atoms with Gasteiger partial charge in [0.15, 0.2) is 5.16 Å². The zero-order valence-corrected chi connectivity index (χ0v) is 12.7. The number of nitrogens with one attached hydrogen (secondary N) is 1. The summed E-state index contributed by atoms with van der Waals surface area (Å²) in [4.78, 5) is 12.8. The SMILES string of the molecule is CNc1nc(OC(C)C)nc(SC(C)C(C)C)n1. The van der Waals surface area contributed by atoms with Gasteiger partial charge < -0.3 is 10.1 Å². The molecule has 0 saturated carbocycles. The summed E-state index contributed by atoms with van der Waals surface area (Å²) in [6.45, 7) is 10.4. The Balaban J connectivity index is 2.89. The van der Waals surface area contributed by atoms with Crippen LogP contribution in [0.3, 0.4) is 0 Å². The van der Waals surface area contributed by atoms with E-state index < -0.39 is 0 Å². The Hall–Kier alpha value is -1.04. The fourth-order valence-corrected chi connectivity index (χ4v) is 1.94. The average molecular weight is 270 g/mol. The zero-order valence-electron chi connectivity index (χ0n) is 11.9. The van der Waals surface area contributed by atoms with Crippen molar-refractivity contribution in [3.05, 3.63) is 0 Å². The molecule has 1 aromatic rings. The summed E-state index contributed by atoms with van der Waals surface area (Å²) >= 11 is 1.64. The van der Waals surface area contributed by atoms with E-state index in [4.69, 9.17) is 4.74 Å². The van der Waals surface area contributed by atoms with E-state index in [0.29, 0.717) is 28.3 Å². The monoisotopic (exact) mass is 270 g/mol. The molecule has 0 aliphatic carbocycles. The van der Waals surface area contributed by atoms with Crippen LogP contribution in [0.25, 0.3) is 0 Å². The predicted octanol–water partition coefficient (Wildman–Crippen LogP) is 2.84. The minimum Gasteiger partial charge on any atom is -0.461 e. The molecule has 5 nitrogen and oxygen atoms in total. The second-order valence-electron chi connectivity index (χ2n) is 4.71. The molecular formula is C12H22N4OS. The molecule has 1 unspecified atom stereocenters. The summed E-state index contributed by atoms with van der Waals surface area (Å²) in [5.74, 6) is 1.11. The fourth-order valence-electron chi connectivity index (χ4n) is 1.07. The smallest absolute Gasteiger partial charge is 0.322 e. The minimum absolute atomic E-state index is 0.0532. The van der Waals surface area contributed by atoms with Crippen LogP contribution < -0.4 is 10.1 Å². The zero-order chi connectivity index (χ0) is 13.7. The van der Waals surface area contributed by atoms with Crippen LogP contribution in [-0.4, -0.2) is 33.4 Å². The standard InChI is InChI=1S/C12H22N4OS/c1-7(2)9(5)18-12-15-10(13-6)14-11(16-12)17-8(3)4/h7-9H,1-6H3,(H,13,14,15,16). The van der Waals surface area contributed by atoms with Crippen molar-refractivity contribution in [3.8, 4) is 6.01 Å². The number of thioether (sulfide) groups is 1. The van der Waals surface area contributed by atoms with Crippen molar-refractivity contribution >= 4 is 17.7 Å². The lowest BCUT2D eigenvalue weighted by molar-refractivity contribution is 0.219. The Morgan fingerprint density at radius 1 is 1.06 bits per heavy atom. The highest BCUT2D eigenvalue weighted by atomic mass is 32.2. The molecule has 0 aromatic carbocycles. The van der Waals surface area contributed by atoms with Gasteiger partial charge in [0.05, 0.1) is 6.10 Å². The molecule has 0 radical (unpaired) electrons. The summed E-state index contributed by atoms with van der Waals surface area (Å²) in [6.07, 6.45) is 0.0532. The highest BCUT2D eigenvalue weighted by molar-refractivity contribution is 7.99. The van der Waals surface area contributed by atoms with E-state index in [9.17, 15) is 0 Å². The molecule has 1 heterocycles. The second-order valence-corrected chi connectivity index (χ2v) is 6.05. The van der Waals surface area contributed by atoms with Crippen molar-refractivity contribution < 1.29 is 4.74 Å². The Morgan fingerprint density at radius 2 is 1.72 bits per heavy atom. The van der Waals surface area contributed by atoms with Gasteiger partial charge in [-0.3, -0.25) is 0 Å². The molecule has 1 aromatic heterocycles. The molecule has 0 bridgehead atoms. The molecule has 0 fully saturated rings. The van der Waals surface area contributed by atoms with Gasteiger partial charge in [-0.05, 0) is 19.8 Å². The number of nitrogens with zero attached hydrogens (tertiary/aromatic N) is 3. The Labute approximate surface area is 113 Å². The van der Waals surface area contributed by atoms with Gasteiger partial charge in [0.1, 0.15) is 0 Å². The van der Waals surface area contributed by atoms with Gasteiger partial charge in [-0.15, -0.1) is 0 Å². The lowest BCUT2D eigenvalue weighted by Gasteiger charge is -2.15. The number of rotatable bonds is 6. The molecule has 18 heavy (non-hydrogen) atoms. The lowest BCUT2D eigenvalue weighted by Crippen LogP contribution is -2.12. The fraction of sp³-hybridized carbons (Fsp3) is 0.750. The van der Waals surface area contributed by atoms with E-state index in [2.05, 4.69) is 41.0 Å². The highest BCUT2D eigenvalue weighted by Gasteiger charge is 2.14. The van der Waals surface area contributed by atoms with E-state index >= 15 is 0 Å². The third-order valence-corrected chi connectivity index (χ3v) is 3.70. The molecule has 1 rings (SSSR count). The number of hydrogen-bond acceptors (Lipinski definition) is 6. The van der Waals surface area contributed by atoms with Gasteiger partial charge in [0.2, 0.25) is 5.95 Å². The van der Waals surface area contributed by atoms with Crippen LogP contribution in [0.15, 0.2) is 5.16 Å². The molecular weight excluding hydrogens is 248 g/mol. The Bertz CT molecular complexity index is 384. The number of ether oxygens (including phenoxy) is 1. The first-order chi connectivity index (χ1) is 8.42. The van der Waals surface area contributed by atoms with Crippen molar-refractivity contribution in [2.24, 2.45) is 5.92 Å². The van der Waals surface area contributed by atoms with Gasteiger partial charge in [0.25, 0.3) is 0 Å². The van der Waals surface area contributed by atoms with Crippen molar-refractivity contribution in [1.29, 1.82) is 0 Å². The van der Waals surface area contributed by atoms with Crippen molar-refractivity contribution in [2.75, 3.05) is 12.4 Å². The van der Waals surface area contributed by atoms with Crippen molar-refractivity contribution in [3.63, 3.8) is 0 Å². The molecule has 1 atom stereocenters. The van der Waals surface area contributed by atoms with E-state index in [0.717, 1.165) is 0 Å². The third-order valence-electron chi connectivity index (χ3n) is 2.39. The van der Waals surface area contributed by atoms with Crippen LogP contribution >= 0.6 is 11.8 Å². The number of aromatic nitrogens is 3. The summed E-state index contributed by atoms with van der Waals surface area (Å²) < 4.78 is 5.52. The third kappa shape index (κ3) is 4.68. The van der Waals surface area contributed by atoms with Gasteiger partial charge in [-0.2, -0.15) is 15.0 Å². The van der Waals surface area contributed by atoms with Crippen molar-refractivity contribution in [1.82, 2.24) is 15.0 Å². The van der Waals surface area contributed by atoms with E-state index in [-0.39, 0.29) is 6.10 Å². The molecule has 0 aliphatic heterocycles. The van der Waals surface area contributed by atoms with Gasteiger partial charge in [0, 0.05) is 12.3 Å². The summed E-state index contributed by atoms with van der Waals surface area (Å²) in [6, 6.07) is 0.378. The van der Waals surface area contributed by atoms with Crippen LogP contribution in [-0.2, 0) is 0 Å². The van der Waals surface area contributed by atoms with Crippen LogP contribution in [0, 0.1) is 5.92 Å². The van der Waals surface area contributed by atoms with Gasteiger partial charge >= 0.3 is 6.01 Å². The normalized spacial score (nSPS) is 12.9. The van der Waals surface area contributed by atoms with Crippen LogP contribution in [0.4, 0.5) is 5.95 Å². The molecule has 0 aliphatic rings. The molecule has 0 amide bonds. The van der Waals surface area contributed by atoms with E-state index in [1.807, 2.05) is 13.8 Å². The van der Waals surface area contributed by atoms with Crippen LogP contribution in [0.2, 0.25) is 0 Å². The molecule has 6 heteroatoms. The summed E-state index contributed by atoms with van der Waals surface area (Å²) in [5.41, 5.74) is 0. The first kappa shape index (κ1) is 15.0. The molecule has 0 spiro atoms. The average Bonchev–Trinajstić information content (AvgIpc) is 2.27. The van der Waals surface area contributed by atoms with E-state index in [1.54, 1.807) is 18.8 Å².